The number of fused-ring (bicyclic) bond motifs is 1. The van der Waals surface area contributed by atoms with Crippen LogP contribution in [0.3, 0.4) is 0 Å². The van der Waals surface area contributed by atoms with Crippen LogP contribution in [0.5, 0.6) is 0 Å². The van der Waals surface area contributed by atoms with E-state index in [4.69, 9.17) is 5.84 Å². The molecule has 0 aliphatic heterocycles. The zero-order valence-electron chi connectivity index (χ0n) is 10.6. The number of thiophene rings is 1. The normalized spacial score (nSPS) is 13.1. The summed E-state index contributed by atoms with van der Waals surface area (Å²) in [5, 5.41) is 1.09. The summed E-state index contributed by atoms with van der Waals surface area (Å²) in [6, 6.07) is 7.20. The number of rotatable bonds is 6. The van der Waals surface area contributed by atoms with Crippen molar-refractivity contribution in [3.05, 3.63) is 35.0 Å². The fourth-order valence-corrected chi connectivity index (χ4v) is 3.29. The van der Waals surface area contributed by atoms with E-state index in [1.807, 2.05) is 6.07 Å². The summed E-state index contributed by atoms with van der Waals surface area (Å²) in [4.78, 5) is 1.19. The van der Waals surface area contributed by atoms with Gasteiger partial charge in [-0.1, -0.05) is 32.3 Å². The number of hydrogen-bond donors (Lipinski definition) is 2. The molecule has 0 amide bonds. The first kappa shape index (κ1) is 13.5. The highest BCUT2D eigenvalue weighted by Gasteiger charge is 2.13. The van der Waals surface area contributed by atoms with E-state index in [1.165, 1.54) is 23.8 Å². The highest BCUT2D eigenvalue weighted by Crippen LogP contribution is 2.32. The van der Waals surface area contributed by atoms with Crippen molar-refractivity contribution in [2.75, 3.05) is 0 Å². The molecule has 0 spiro atoms. The highest BCUT2D eigenvalue weighted by atomic mass is 32.1. The molecule has 0 fully saturated rings. The van der Waals surface area contributed by atoms with Crippen LogP contribution in [0, 0.1) is 5.82 Å². The van der Waals surface area contributed by atoms with Crippen LogP contribution in [0.2, 0.25) is 0 Å². The molecule has 0 aliphatic carbocycles. The third-order valence-electron chi connectivity index (χ3n) is 3.14. The quantitative estimate of drug-likeness (QED) is 0.469. The van der Waals surface area contributed by atoms with E-state index in [9.17, 15) is 4.39 Å². The molecule has 0 saturated heterocycles. The monoisotopic (exact) mass is 266 g/mol. The van der Waals surface area contributed by atoms with Crippen molar-refractivity contribution in [1.82, 2.24) is 5.43 Å². The van der Waals surface area contributed by atoms with Gasteiger partial charge in [-0.2, -0.15) is 0 Å². The van der Waals surface area contributed by atoms with Crippen molar-refractivity contribution in [2.24, 2.45) is 5.84 Å². The molecule has 3 N–H and O–H groups in total. The number of nitrogens with two attached hydrogens (primary N) is 1. The van der Waals surface area contributed by atoms with Crippen molar-refractivity contribution in [3.63, 3.8) is 0 Å². The van der Waals surface area contributed by atoms with E-state index in [-0.39, 0.29) is 11.9 Å². The molecule has 2 rings (SSSR count). The Morgan fingerprint density at radius 2 is 2.17 bits per heavy atom. The van der Waals surface area contributed by atoms with Gasteiger partial charge in [-0.15, -0.1) is 11.3 Å². The second-order valence-corrected chi connectivity index (χ2v) is 5.66. The highest BCUT2D eigenvalue weighted by molar-refractivity contribution is 7.19. The molecule has 0 aliphatic rings. The van der Waals surface area contributed by atoms with Crippen LogP contribution in [0.4, 0.5) is 4.39 Å². The Labute approximate surface area is 111 Å². The number of nitrogens with one attached hydrogen (secondary N) is 1. The first-order valence-corrected chi connectivity index (χ1v) is 7.21. The van der Waals surface area contributed by atoms with E-state index in [0.29, 0.717) is 0 Å². The summed E-state index contributed by atoms with van der Waals surface area (Å²) < 4.78 is 14.1. The minimum Gasteiger partial charge on any atom is -0.271 e. The summed E-state index contributed by atoms with van der Waals surface area (Å²) in [5.74, 6) is 5.44. The third kappa shape index (κ3) is 3.07. The summed E-state index contributed by atoms with van der Waals surface area (Å²) in [6.07, 6.45) is 4.61. The van der Waals surface area contributed by atoms with Gasteiger partial charge in [-0.05, 0) is 30.0 Å². The largest absolute Gasteiger partial charge is 0.271 e. The van der Waals surface area contributed by atoms with Crippen molar-refractivity contribution in [2.45, 2.75) is 38.6 Å². The molecule has 98 valence electrons. The maximum atomic E-state index is 13.1. The summed E-state index contributed by atoms with van der Waals surface area (Å²) >= 11 is 1.62. The molecular formula is C14H19FN2S. The second kappa shape index (κ2) is 6.27. The van der Waals surface area contributed by atoms with Gasteiger partial charge in [-0.3, -0.25) is 11.3 Å². The van der Waals surface area contributed by atoms with Crippen LogP contribution in [0.25, 0.3) is 10.1 Å². The SMILES string of the molecule is CCCCCC(NN)c1cc2ccc(F)cc2s1. The molecule has 18 heavy (non-hydrogen) atoms. The van der Waals surface area contributed by atoms with Gasteiger partial charge in [0, 0.05) is 9.58 Å². The van der Waals surface area contributed by atoms with Gasteiger partial charge in [0.15, 0.2) is 0 Å². The van der Waals surface area contributed by atoms with Crippen molar-refractivity contribution < 1.29 is 4.39 Å². The lowest BCUT2D eigenvalue weighted by molar-refractivity contribution is 0.493. The van der Waals surface area contributed by atoms with Crippen LogP contribution >= 0.6 is 11.3 Å². The Kier molecular flexibility index (Phi) is 4.69. The van der Waals surface area contributed by atoms with Crippen LogP contribution in [0.15, 0.2) is 24.3 Å². The van der Waals surface area contributed by atoms with Gasteiger partial charge in [0.2, 0.25) is 0 Å². The average Bonchev–Trinajstić information content (AvgIpc) is 2.77. The molecule has 1 atom stereocenters. The standard InChI is InChI=1S/C14H19FN2S/c1-2-3-4-5-12(17-16)14-8-10-6-7-11(15)9-13(10)18-14/h6-9,12,17H,2-5,16H2,1H3. The Morgan fingerprint density at radius 3 is 2.89 bits per heavy atom. The minimum atomic E-state index is -0.181. The Morgan fingerprint density at radius 1 is 1.33 bits per heavy atom. The van der Waals surface area contributed by atoms with E-state index in [1.54, 1.807) is 17.4 Å². The molecular weight excluding hydrogens is 247 g/mol. The molecule has 0 radical (unpaired) electrons. The average molecular weight is 266 g/mol. The van der Waals surface area contributed by atoms with E-state index >= 15 is 0 Å². The van der Waals surface area contributed by atoms with Crippen LogP contribution < -0.4 is 11.3 Å². The van der Waals surface area contributed by atoms with E-state index in [2.05, 4.69) is 18.4 Å². The number of halogens is 1. The Bertz CT molecular complexity index is 509. The Hall–Kier alpha value is -0.970. The lowest BCUT2D eigenvalue weighted by Gasteiger charge is -2.13. The zero-order chi connectivity index (χ0) is 13.0. The molecule has 1 unspecified atom stereocenters. The number of hydrazine groups is 1. The molecule has 2 aromatic rings. The third-order valence-corrected chi connectivity index (χ3v) is 4.35. The van der Waals surface area contributed by atoms with Gasteiger partial charge in [-0.25, -0.2) is 4.39 Å². The molecule has 1 aromatic carbocycles. The predicted octanol–water partition coefficient (Wildman–Crippen LogP) is 4.13. The molecule has 1 heterocycles. The molecule has 1 aromatic heterocycles. The topological polar surface area (TPSA) is 38.0 Å². The second-order valence-electron chi connectivity index (χ2n) is 4.55. The fraction of sp³-hybridized carbons (Fsp3) is 0.429. The zero-order valence-corrected chi connectivity index (χ0v) is 11.4. The lowest BCUT2D eigenvalue weighted by Crippen LogP contribution is -2.27. The van der Waals surface area contributed by atoms with Gasteiger partial charge in [0.25, 0.3) is 0 Å². The first-order chi connectivity index (χ1) is 8.74. The summed E-state index contributed by atoms with van der Waals surface area (Å²) in [6.45, 7) is 2.19. The molecule has 0 saturated carbocycles. The van der Waals surface area contributed by atoms with E-state index < -0.39 is 0 Å². The maximum absolute atomic E-state index is 13.1. The van der Waals surface area contributed by atoms with Crippen molar-refractivity contribution >= 4 is 21.4 Å². The lowest BCUT2D eigenvalue weighted by atomic mass is 10.1. The first-order valence-electron chi connectivity index (χ1n) is 6.39. The fourth-order valence-electron chi connectivity index (χ4n) is 2.10. The number of hydrogen-bond acceptors (Lipinski definition) is 3. The van der Waals surface area contributed by atoms with Gasteiger partial charge in [0.05, 0.1) is 6.04 Å². The minimum absolute atomic E-state index is 0.178. The van der Waals surface area contributed by atoms with E-state index in [0.717, 1.165) is 22.9 Å². The predicted molar refractivity (Wildman–Crippen MR) is 76.0 cm³/mol. The molecule has 4 heteroatoms. The number of benzene rings is 1. The molecule has 0 bridgehead atoms. The van der Waals surface area contributed by atoms with Crippen molar-refractivity contribution in [3.8, 4) is 0 Å². The van der Waals surface area contributed by atoms with Gasteiger partial charge >= 0.3 is 0 Å². The maximum Gasteiger partial charge on any atom is 0.124 e. The van der Waals surface area contributed by atoms with Crippen LogP contribution in [0.1, 0.15) is 43.5 Å². The van der Waals surface area contributed by atoms with Crippen molar-refractivity contribution in [1.29, 1.82) is 0 Å². The summed E-state index contributed by atoms with van der Waals surface area (Å²) in [7, 11) is 0. The smallest absolute Gasteiger partial charge is 0.124 e. The molecule has 2 nitrogen and oxygen atoms in total. The Balaban J connectivity index is 2.17. The van der Waals surface area contributed by atoms with Gasteiger partial charge in [0.1, 0.15) is 5.82 Å². The number of unbranched alkanes of at least 4 members (excludes halogenated alkanes) is 2. The van der Waals surface area contributed by atoms with Crippen LogP contribution in [-0.4, -0.2) is 0 Å². The summed E-state index contributed by atoms with van der Waals surface area (Å²) in [5.41, 5.74) is 2.87. The van der Waals surface area contributed by atoms with Crippen LogP contribution in [-0.2, 0) is 0 Å². The van der Waals surface area contributed by atoms with Gasteiger partial charge < -0.3 is 0 Å².